The highest BCUT2D eigenvalue weighted by molar-refractivity contribution is 5.90. The summed E-state index contributed by atoms with van der Waals surface area (Å²) in [4.78, 5) is 13.0. The first-order valence-electron chi connectivity index (χ1n) is 5.86. The van der Waals surface area contributed by atoms with Gasteiger partial charge < -0.3 is 14.9 Å². The van der Waals surface area contributed by atoms with Crippen LogP contribution in [0.25, 0.3) is 0 Å². The molecule has 1 aromatic carbocycles. The van der Waals surface area contributed by atoms with Crippen molar-refractivity contribution in [2.45, 2.75) is 13.5 Å². The normalized spacial score (nSPS) is 10.2. The largest absolute Gasteiger partial charge is 0.497 e. The van der Waals surface area contributed by atoms with E-state index in [1.807, 2.05) is 19.1 Å². The lowest BCUT2D eigenvalue weighted by atomic mass is 10.2. The van der Waals surface area contributed by atoms with Crippen molar-refractivity contribution in [2.75, 3.05) is 12.0 Å². The summed E-state index contributed by atoms with van der Waals surface area (Å²) < 4.78 is 10.5. The van der Waals surface area contributed by atoms with Gasteiger partial charge in [-0.05, 0) is 43.3 Å². The molecule has 0 radical (unpaired) electrons. The Bertz CT molecular complexity index is 560. The minimum Gasteiger partial charge on any atom is -0.497 e. The number of nitrogens with zero attached hydrogens (tertiary/aromatic N) is 1. The van der Waals surface area contributed by atoms with Crippen LogP contribution >= 0.6 is 0 Å². The first-order chi connectivity index (χ1) is 9.10. The highest BCUT2D eigenvalue weighted by atomic mass is 16.5. The Morgan fingerprint density at radius 2 is 1.95 bits per heavy atom. The van der Waals surface area contributed by atoms with Crippen molar-refractivity contribution >= 4 is 11.7 Å². The number of amides is 2. The number of carbonyl (C=O) groups excluding carboxylic acids is 1. The van der Waals surface area contributed by atoms with Crippen molar-refractivity contribution in [3.8, 4) is 5.75 Å². The van der Waals surface area contributed by atoms with Crippen LogP contribution < -0.4 is 15.4 Å². The zero-order chi connectivity index (χ0) is 13.8. The lowest BCUT2D eigenvalue weighted by molar-refractivity contribution is 0.253. The lowest BCUT2D eigenvalue weighted by Crippen LogP contribution is -2.35. The second kappa shape index (κ2) is 5.48. The molecule has 2 N–H and O–H groups in total. The molecule has 1 aromatic heterocycles. The van der Waals surface area contributed by atoms with Crippen LogP contribution in [-0.4, -0.2) is 13.1 Å². The summed E-state index contributed by atoms with van der Waals surface area (Å²) in [6.07, 6.45) is 0. The number of methoxy groups -OCH3 is 1. The van der Waals surface area contributed by atoms with Gasteiger partial charge in [-0.2, -0.15) is 0 Å². The highest BCUT2D eigenvalue weighted by Crippen LogP contribution is 2.21. The topological polar surface area (TPSA) is 68.7 Å². The van der Waals surface area contributed by atoms with E-state index < -0.39 is 6.03 Å². The van der Waals surface area contributed by atoms with Gasteiger partial charge in [-0.25, -0.2) is 4.79 Å². The average molecular weight is 260 g/mol. The van der Waals surface area contributed by atoms with Crippen LogP contribution in [0.1, 0.15) is 11.5 Å². The molecule has 2 amide bonds. The summed E-state index contributed by atoms with van der Waals surface area (Å²) in [7, 11) is 1.59. The fourth-order valence-corrected chi connectivity index (χ4v) is 1.78. The first-order valence-corrected chi connectivity index (χ1v) is 5.86. The Hall–Kier alpha value is -2.43. The van der Waals surface area contributed by atoms with Crippen molar-refractivity contribution in [2.24, 2.45) is 5.73 Å². The number of anilines is 1. The number of hydrogen-bond acceptors (Lipinski definition) is 3. The fourth-order valence-electron chi connectivity index (χ4n) is 1.78. The number of primary amides is 1. The van der Waals surface area contributed by atoms with Gasteiger partial charge in [0.25, 0.3) is 0 Å². The minimum absolute atomic E-state index is 0.301. The van der Waals surface area contributed by atoms with Crippen LogP contribution in [0.2, 0.25) is 0 Å². The molecule has 5 nitrogen and oxygen atoms in total. The van der Waals surface area contributed by atoms with Gasteiger partial charge in [0.15, 0.2) is 0 Å². The van der Waals surface area contributed by atoms with Gasteiger partial charge in [0, 0.05) is 5.69 Å². The maximum absolute atomic E-state index is 11.5. The van der Waals surface area contributed by atoms with Crippen molar-refractivity contribution in [1.82, 2.24) is 0 Å². The van der Waals surface area contributed by atoms with Gasteiger partial charge >= 0.3 is 6.03 Å². The van der Waals surface area contributed by atoms with E-state index in [1.165, 1.54) is 4.90 Å². The molecular formula is C14H16N2O3. The molecule has 2 rings (SSSR count). The molecule has 0 spiro atoms. The molecule has 0 aliphatic rings. The van der Waals surface area contributed by atoms with Crippen LogP contribution in [0.4, 0.5) is 10.5 Å². The number of furan rings is 1. The molecule has 0 bridgehead atoms. The third kappa shape index (κ3) is 3.07. The number of carbonyl (C=O) groups is 1. The quantitative estimate of drug-likeness (QED) is 0.918. The third-order valence-corrected chi connectivity index (χ3v) is 2.76. The maximum atomic E-state index is 11.5. The second-order valence-corrected chi connectivity index (χ2v) is 4.13. The zero-order valence-corrected chi connectivity index (χ0v) is 10.9. The van der Waals surface area contributed by atoms with Gasteiger partial charge in [0.1, 0.15) is 17.3 Å². The molecule has 19 heavy (non-hydrogen) atoms. The molecule has 0 unspecified atom stereocenters. The van der Waals surface area contributed by atoms with E-state index in [0.717, 1.165) is 11.5 Å². The number of urea groups is 1. The molecule has 0 saturated carbocycles. The number of aryl methyl sites for hydroxylation is 1. The molecule has 100 valence electrons. The van der Waals surface area contributed by atoms with Crippen LogP contribution in [0, 0.1) is 6.92 Å². The van der Waals surface area contributed by atoms with Gasteiger partial charge in [-0.3, -0.25) is 4.90 Å². The van der Waals surface area contributed by atoms with E-state index in [1.54, 1.807) is 31.4 Å². The Morgan fingerprint density at radius 3 is 2.42 bits per heavy atom. The Kier molecular flexibility index (Phi) is 3.75. The number of hydrogen-bond donors (Lipinski definition) is 1. The summed E-state index contributed by atoms with van der Waals surface area (Å²) >= 11 is 0. The molecular weight excluding hydrogens is 244 g/mol. The molecule has 0 atom stereocenters. The predicted molar refractivity (Wildman–Crippen MR) is 72.2 cm³/mol. The van der Waals surface area contributed by atoms with Gasteiger partial charge in [-0.15, -0.1) is 0 Å². The highest BCUT2D eigenvalue weighted by Gasteiger charge is 2.14. The van der Waals surface area contributed by atoms with E-state index in [-0.39, 0.29) is 0 Å². The smallest absolute Gasteiger partial charge is 0.319 e. The van der Waals surface area contributed by atoms with Crippen LogP contribution in [0.5, 0.6) is 5.75 Å². The van der Waals surface area contributed by atoms with E-state index in [0.29, 0.717) is 18.0 Å². The molecule has 2 aromatic rings. The van der Waals surface area contributed by atoms with Gasteiger partial charge in [-0.1, -0.05) is 0 Å². The van der Waals surface area contributed by atoms with Crippen LogP contribution in [0.15, 0.2) is 40.8 Å². The standard InChI is InChI=1S/C14H16N2O3/c1-10-3-6-13(19-10)9-16(14(15)17)11-4-7-12(18-2)8-5-11/h3-8H,9H2,1-2H3,(H2,15,17). The summed E-state index contributed by atoms with van der Waals surface area (Å²) in [6, 6.07) is 10.3. The Morgan fingerprint density at radius 1 is 1.26 bits per heavy atom. The SMILES string of the molecule is COc1ccc(N(Cc2ccc(C)o2)C(N)=O)cc1. The molecule has 0 aliphatic carbocycles. The van der Waals surface area contributed by atoms with E-state index in [9.17, 15) is 4.79 Å². The van der Waals surface area contributed by atoms with Crippen molar-refractivity contribution < 1.29 is 13.9 Å². The molecule has 5 heteroatoms. The monoisotopic (exact) mass is 260 g/mol. The van der Waals surface area contributed by atoms with Crippen molar-refractivity contribution in [3.63, 3.8) is 0 Å². The van der Waals surface area contributed by atoms with E-state index >= 15 is 0 Å². The van der Waals surface area contributed by atoms with Gasteiger partial charge in [0.05, 0.1) is 13.7 Å². The molecule has 1 heterocycles. The summed E-state index contributed by atoms with van der Waals surface area (Å²) in [5.41, 5.74) is 6.10. The van der Waals surface area contributed by atoms with E-state index in [2.05, 4.69) is 0 Å². The molecule has 0 saturated heterocycles. The molecule has 0 aliphatic heterocycles. The molecule has 0 fully saturated rings. The Balaban J connectivity index is 2.21. The first kappa shape index (κ1) is 13.0. The van der Waals surface area contributed by atoms with Crippen LogP contribution in [0.3, 0.4) is 0 Å². The average Bonchev–Trinajstić information content (AvgIpc) is 2.81. The summed E-state index contributed by atoms with van der Waals surface area (Å²) in [5.74, 6) is 2.21. The zero-order valence-electron chi connectivity index (χ0n) is 10.9. The summed E-state index contributed by atoms with van der Waals surface area (Å²) in [5, 5.41) is 0. The van der Waals surface area contributed by atoms with Crippen LogP contribution in [-0.2, 0) is 6.54 Å². The number of benzene rings is 1. The van der Waals surface area contributed by atoms with E-state index in [4.69, 9.17) is 14.9 Å². The number of rotatable bonds is 4. The third-order valence-electron chi connectivity index (χ3n) is 2.76. The number of nitrogens with two attached hydrogens (primary N) is 1. The lowest BCUT2D eigenvalue weighted by Gasteiger charge is -2.19. The minimum atomic E-state index is -0.529. The van der Waals surface area contributed by atoms with Crippen molar-refractivity contribution in [1.29, 1.82) is 0 Å². The Labute approximate surface area is 111 Å². The number of ether oxygens (including phenoxy) is 1. The van der Waals surface area contributed by atoms with Crippen molar-refractivity contribution in [3.05, 3.63) is 47.9 Å². The predicted octanol–water partition coefficient (Wildman–Crippen LogP) is 2.68. The second-order valence-electron chi connectivity index (χ2n) is 4.13. The fraction of sp³-hybridized carbons (Fsp3) is 0.214. The summed E-state index contributed by atoms with van der Waals surface area (Å²) in [6.45, 7) is 2.15. The van der Waals surface area contributed by atoms with Gasteiger partial charge in [0.2, 0.25) is 0 Å². The maximum Gasteiger partial charge on any atom is 0.319 e.